The van der Waals surface area contributed by atoms with Crippen molar-refractivity contribution in [3.8, 4) is 0 Å². The van der Waals surface area contributed by atoms with Crippen LogP contribution in [0.1, 0.15) is 11.1 Å². The standard InChI is InChI=1S/C20H17N3O4/c1-27-19(24)10-8-14-7-9-17(18(12-14)23(25)26)22-13-16-5-2-4-15-6-3-11-21-20(15)16/h2-12,22H,13H2,1H3/b10-8+. The van der Waals surface area contributed by atoms with Crippen molar-refractivity contribution in [3.05, 3.63) is 82.0 Å². The molecule has 0 spiro atoms. The van der Waals surface area contributed by atoms with Crippen molar-refractivity contribution in [2.24, 2.45) is 0 Å². The minimum atomic E-state index is -0.525. The molecule has 0 bridgehead atoms. The largest absolute Gasteiger partial charge is 0.466 e. The van der Waals surface area contributed by atoms with Crippen LogP contribution in [0.25, 0.3) is 17.0 Å². The zero-order valence-corrected chi connectivity index (χ0v) is 14.6. The molecule has 136 valence electrons. The van der Waals surface area contributed by atoms with Gasteiger partial charge < -0.3 is 10.1 Å². The quantitative estimate of drug-likeness (QED) is 0.308. The molecule has 1 heterocycles. The third-order valence-electron chi connectivity index (χ3n) is 4.02. The van der Waals surface area contributed by atoms with E-state index >= 15 is 0 Å². The SMILES string of the molecule is COC(=O)/C=C/c1ccc(NCc2cccc3cccnc23)c([N+](=O)[O-])c1. The number of rotatable bonds is 6. The summed E-state index contributed by atoms with van der Waals surface area (Å²) < 4.78 is 4.52. The number of hydrogen-bond acceptors (Lipinski definition) is 6. The minimum absolute atomic E-state index is 0.0739. The second-order valence-corrected chi connectivity index (χ2v) is 5.74. The lowest BCUT2D eigenvalue weighted by Crippen LogP contribution is -2.04. The third kappa shape index (κ3) is 4.27. The van der Waals surface area contributed by atoms with E-state index in [0.29, 0.717) is 17.8 Å². The van der Waals surface area contributed by atoms with Crippen molar-refractivity contribution < 1.29 is 14.5 Å². The molecule has 3 aromatic rings. The Hall–Kier alpha value is -3.74. The molecule has 27 heavy (non-hydrogen) atoms. The Morgan fingerprint density at radius 2 is 2.07 bits per heavy atom. The fourth-order valence-corrected chi connectivity index (χ4v) is 2.69. The first-order valence-corrected chi connectivity index (χ1v) is 8.19. The first kappa shape index (κ1) is 18.1. The fourth-order valence-electron chi connectivity index (χ4n) is 2.69. The molecule has 0 radical (unpaired) electrons. The van der Waals surface area contributed by atoms with E-state index in [0.717, 1.165) is 16.5 Å². The van der Waals surface area contributed by atoms with Crippen LogP contribution < -0.4 is 5.32 Å². The molecule has 0 fully saturated rings. The van der Waals surface area contributed by atoms with Gasteiger partial charge in [-0.1, -0.05) is 30.3 Å². The van der Waals surface area contributed by atoms with E-state index in [1.165, 1.54) is 25.3 Å². The van der Waals surface area contributed by atoms with Crippen LogP contribution in [0.4, 0.5) is 11.4 Å². The number of para-hydroxylation sites is 1. The number of aromatic nitrogens is 1. The maximum absolute atomic E-state index is 11.4. The molecule has 0 amide bonds. The maximum atomic E-state index is 11.4. The summed E-state index contributed by atoms with van der Waals surface area (Å²) in [4.78, 5) is 26.5. The Balaban J connectivity index is 1.84. The van der Waals surface area contributed by atoms with Gasteiger partial charge in [0.2, 0.25) is 0 Å². The van der Waals surface area contributed by atoms with Crippen LogP contribution >= 0.6 is 0 Å². The number of pyridine rings is 1. The highest BCUT2D eigenvalue weighted by atomic mass is 16.6. The second-order valence-electron chi connectivity index (χ2n) is 5.74. The molecule has 1 N–H and O–H groups in total. The third-order valence-corrected chi connectivity index (χ3v) is 4.02. The van der Waals surface area contributed by atoms with Crippen LogP contribution in [0.15, 0.2) is 60.8 Å². The van der Waals surface area contributed by atoms with Crippen molar-refractivity contribution in [1.29, 1.82) is 0 Å². The molecule has 2 aromatic carbocycles. The lowest BCUT2D eigenvalue weighted by atomic mass is 10.1. The number of nitro groups is 1. The monoisotopic (exact) mass is 363 g/mol. The predicted octanol–water partition coefficient (Wildman–Crippen LogP) is 3.94. The average Bonchev–Trinajstić information content (AvgIpc) is 2.70. The number of esters is 1. The van der Waals surface area contributed by atoms with Gasteiger partial charge in [-0.3, -0.25) is 15.1 Å². The van der Waals surface area contributed by atoms with Gasteiger partial charge in [0.1, 0.15) is 5.69 Å². The van der Waals surface area contributed by atoms with Gasteiger partial charge in [-0.25, -0.2) is 4.79 Å². The number of carbonyl (C=O) groups is 1. The van der Waals surface area contributed by atoms with E-state index in [1.807, 2.05) is 30.3 Å². The zero-order valence-electron chi connectivity index (χ0n) is 14.6. The molecule has 7 nitrogen and oxygen atoms in total. The van der Waals surface area contributed by atoms with E-state index in [9.17, 15) is 14.9 Å². The van der Waals surface area contributed by atoms with Crippen molar-refractivity contribution in [1.82, 2.24) is 4.98 Å². The second kappa shape index (κ2) is 8.09. The van der Waals surface area contributed by atoms with E-state index in [-0.39, 0.29) is 5.69 Å². The number of carbonyl (C=O) groups excluding carboxylic acids is 1. The summed E-state index contributed by atoms with van der Waals surface area (Å²) in [6.45, 7) is 0.395. The van der Waals surface area contributed by atoms with E-state index in [2.05, 4.69) is 15.0 Å². The molecule has 0 saturated heterocycles. The molecule has 3 rings (SSSR count). The summed E-state index contributed by atoms with van der Waals surface area (Å²) in [6.07, 6.45) is 4.40. The van der Waals surface area contributed by atoms with Gasteiger partial charge in [0, 0.05) is 30.3 Å². The average molecular weight is 363 g/mol. The Morgan fingerprint density at radius 3 is 2.85 bits per heavy atom. The van der Waals surface area contributed by atoms with E-state index < -0.39 is 10.9 Å². The fraction of sp³-hybridized carbons (Fsp3) is 0.100. The van der Waals surface area contributed by atoms with Gasteiger partial charge in [0.25, 0.3) is 5.69 Å². The number of hydrogen-bond donors (Lipinski definition) is 1. The summed E-state index contributed by atoms with van der Waals surface area (Å²) in [7, 11) is 1.27. The van der Waals surface area contributed by atoms with Crippen molar-refractivity contribution in [2.75, 3.05) is 12.4 Å². The smallest absolute Gasteiger partial charge is 0.330 e. The zero-order chi connectivity index (χ0) is 19.2. The van der Waals surface area contributed by atoms with Crippen LogP contribution in [-0.4, -0.2) is 23.0 Å². The first-order valence-electron chi connectivity index (χ1n) is 8.19. The number of methoxy groups -OCH3 is 1. The summed E-state index contributed by atoms with van der Waals surface area (Å²) in [6, 6.07) is 14.4. The van der Waals surface area contributed by atoms with Crippen LogP contribution in [0, 0.1) is 10.1 Å². The summed E-state index contributed by atoms with van der Waals surface area (Å²) in [5.41, 5.74) is 2.65. The van der Waals surface area contributed by atoms with Crippen molar-refractivity contribution >= 4 is 34.3 Å². The van der Waals surface area contributed by atoms with E-state index in [4.69, 9.17) is 0 Å². The van der Waals surface area contributed by atoms with E-state index in [1.54, 1.807) is 18.3 Å². The summed E-state index contributed by atoms with van der Waals surface area (Å²) in [5.74, 6) is -0.525. The topological polar surface area (TPSA) is 94.4 Å². The molecule has 0 aliphatic rings. The lowest BCUT2D eigenvalue weighted by Gasteiger charge is -2.10. The highest BCUT2D eigenvalue weighted by Crippen LogP contribution is 2.27. The molecule has 1 aromatic heterocycles. The maximum Gasteiger partial charge on any atom is 0.330 e. The molecule has 0 aliphatic carbocycles. The number of ether oxygens (including phenoxy) is 1. The van der Waals surface area contributed by atoms with Crippen molar-refractivity contribution in [3.63, 3.8) is 0 Å². The van der Waals surface area contributed by atoms with Gasteiger partial charge in [0.05, 0.1) is 17.5 Å². The Bertz CT molecular complexity index is 1030. The van der Waals surface area contributed by atoms with Gasteiger partial charge in [0.15, 0.2) is 0 Å². The molecule has 0 saturated carbocycles. The Labute approximate surface area is 155 Å². The van der Waals surface area contributed by atoms with Crippen molar-refractivity contribution in [2.45, 2.75) is 6.54 Å². The predicted molar refractivity (Wildman–Crippen MR) is 103 cm³/mol. The number of nitrogens with one attached hydrogen (secondary N) is 1. The van der Waals surface area contributed by atoms with Gasteiger partial charge in [-0.2, -0.15) is 0 Å². The van der Waals surface area contributed by atoms with Crippen LogP contribution in [0.3, 0.4) is 0 Å². The van der Waals surface area contributed by atoms with Gasteiger partial charge >= 0.3 is 5.97 Å². The van der Waals surface area contributed by atoms with Gasteiger partial charge in [-0.05, 0) is 29.3 Å². The summed E-state index contributed by atoms with van der Waals surface area (Å²) in [5, 5.41) is 15.5. The normalized spacial score (nSPS) is 10.9. The highest BCUT2D eigenvalue weighted by Gasteiger charge is 2.14. The minimum Gasteiger partial charge on any atom is -0.466 e. The highest BCUT2D eigenvalue weighted by molar-refractivity contribution is 5.87. The molecule has 7 heteroatoms. The Kier molecular flexibility index (Phi) is 5.41. The van der Waals surface area contributed by atoms with Crippen LogP contribution in [0.2, 0.25) is 0 Å². The van der Waals surface area contributed by atoms with Crippen LogP contribution in [-0.2, 0) is 16.1 Å². The lowest BCUT2D eigenvalue weighted by molar-refractivity contribution is -0.384. The number of benzene rings is 2. The number of nitro benzene ring substituents is 1. The van der Waals surface area contributed by atoms with Crippen LogP contribution in [0.5, 0.6) is 0 Å². The number of fused-ring (bicyclic) bond motifs is 1. The first-order chi connectivity index (χ1) is 13.1. The number of anilines is 1. The molecular weight excluding hydrogens is 346 g/mol. The molecule has 0 aliphatic heterocycles. The summed E-state index contributed by atoms with van der Waals surface area (Å²) >= 11 is 0. The molecule has 0 unspecified atom stereocenters. The number of nitrogens with zero attached hydrogens (tertiary/aromatic N) is 2. The van der Waals surface area contributed by atoms with Gasteiger partial charge in [-0.15, -0.1) is 0 Å². The Morgan fingerprint density at radius 1 is 1.26 bits per heavy atom. The molecule has 0 atom stereocenters. The molecular formula is C20H17N3O4.